The molecule has 11 rings (SSSR count). The number of aromatic nitrogens is 1. The van der Waals surface area contributed by atoms with Crippen LogP contribution in [0, 0.1) is 0 Å². The van der Waals surface area contributed by atoms with E-state index in [9.17, 15) is 0 Å². The van der Waals surface area contributed by atoms with Crippen molar-refractivity contribution in [2.75, 3.05) is 0 Å². The summed E-state index contributed by atoms with van der Waals surface area (Å²) in [5, 5.41) is 7.41. The average molecular weight is 690 g/mol. The molecule has 1 heterocycles. The van der Waals surface area contributed by atoms with Gasteiger partial charge in [-0.3, -0.25) is 4.98 Å². The highest BCUT2D eigenvalue weighted by Gasteiger charge is 2.37. The Kier molecular flexibility index (Phi) is 6.42. The van der Waals surface area contributed by atoms with E-state index in [-0.39, 0.29) is 10.8 Å². The van der Waals surface area contributed by atoms with Crippen molar-refractivity contribution in [2.45, 2.75) is 38.5 Å². The Morgan fingerprint density at radius 2 is 0.870 bits per heavy atom. The molecule has 2 aliphatic carbocycles. The van der Waals surface area contributed by atoms with Crippen LogP contribution in [-0.4, -0.2) is 4.98 Å². The third kappa shape index (κ3) is 4.24. The number of hydrogen-bond acceptors (Lipinski definition) is 1. The van der Waals surface area contributed by atoms with Crippen molar-refractivity contribution >= 4 is 32.3 Å². The number of rotatable bonds is 3. The van der Waals surface area contributed by atoms with Crippen LogP contribution in [-0.2, 0) is 10.8 Å². The third-order valence-corrected chi connectivity index (χ3v) is 12.8. The van der Waals surface area contributed by atoms with Gasteiger partial charge in [-0.25, -0.2) is 0 Å². The van der Waals surface area contributed by atoms with E-state index in [2.05, 4.69) is 186 Å². The molecular formula is C53H39N. The Bertz CT molecular complexity index is 3040. The smallest absolute Gasteiger partial charge is 0.0353 e. The second-order valence-corrected chi connectivity index (χ2v) is 16.3. The van der Waals surface area contributed by atoms with Crippen molar-refractivity contribution in [3.8, 4) is 55.6 Å². The molecule has 256 valence electrons. The van der Waals surface area contributed by atoms with E-state index in [1.807, 2.05) is 6.20 Å². The van der Waals surface area contributed by atoms with E-state index in [0.29, 0.717) is 0 Å². The van der Waals surface area contributed by atoms with Gasteiger partial charge in [0.2, 0.25) is 0 Å². The predicted octanol–water partition coefficient (Wildman–Crippen LogP) is 14.2. The molecule has 9 aromatic rings. The first-order valence-corrected chi connectivity index (χ1v) is 19.1. The van der Waals surface area contributed by atoms with Gasteiger partial charge in [-0.2, -0.15) is 0 Å². The molecule has 0 spiro atoms. The summed E-state index contributed by atoms with van der Waals surface area (Å²) in [6.07, 6.45) is 4.05. The van der Waals surface area contributed by atoms with Gasteiger partial charge in [-0.1, -0.05) is 155 Å². The highest BCUT2D eigenvalue weighted by molar-refractivity contribution is 6.22. The van der Waals surface area contributed by atoms with Crippen LogP contribution < -0.4 is 0 Å². The fraction of sp³-hybridized carbons (Fsp3) is 0.113. The van der Waals surface area contributed by atoms with Gasteiger partial charge in [0.25, 0.3) is 0 Å². The van der Waals surface area contributed by atoms with Gasteiger partial charge < -0.3 is 0 Å². The van der Waals surface area contributed by atoms with Gasteiger partial charge in [-0.05, 0) is 129 Å². The molecule has 0 aliphatic heterocycles. The largest absolute Gasteiger partial charge is 0.264 e. The summed E-state index contributed by atoms with van der Waals surface area (Å²) in [6, 6.07) is 56.9. The van der Waals surface area contributed by atoms with E-state index in [0.717, 1.165) is 0 Å². The van der Waals surface area contributed by atoms with Crippen LogP contribution in [0.4, 0.5) is 0 Å². The third-order valence-electron chi connectivity index (χ3n) is 12.8. The van der Waals surface area contributed by atoms with E-state index in [1.54, 1.807) is 0 Å². The monoisotopic (exact) mass is 689 g/mol. The van der Waals surface area contributed by atoms with Gasteiger partial charge in [-0.15, -0.1) is 0 Å². The molecule has 1 heteroatoms. The van der Waals surface area contributed by atoms with Crippen LogP contribution in [0.25, 0.3) is 88.0 Å². The normalized spacial score (nSPS) is 14.6. The highest BCUT2D eigenvalue weighted by atomic mass is 14.6. The van der Waals surface area contributed by atoms with Crippen LogP contribution in [0.2, 0.25) is 0 Å². The zero-order chi connectivity index (χ0) is 36.3. The van der Waals surface area contributed by atoms with Gasteiger partial charge >= 0.3 is 0 Å². The molecule has 0 atom stereocenters. The van der Waals surface area contributed by atoms with Crippen molar-refractivity contribution in [2.24, 2.45) is 0 Å². The average Bonchev–Trinajstić information content (AvgIpc) is 3.58. The van der Waals surface area contributed by atoms with Gasteiger partial charge in [0.05, 0.1) is 0 Å². The molecule has 0 saturated carbocycles. The molecule has 1 nitrogen and oxygen atoms in total. The second-order valence-electron chi connectivity index (χ2n) is 16.3. The topological polar surface area (TPSA) is 12.9 Å². The van der Waals surface area contributed by atoms with Crippen molar-refractivity contribution in [1.82, 2.24) is 4.98 Å². The number of benzene rings is 8. The number of fused-ring (bicyclic) bond motifs is 9. The first-order valence-electron chi connectivity index (χ1n) is 19.1. The Balaban J connectivity index is 1.22. The Hall–Kier alpha value is -6.31. The standard InChI is InChI=1S/C53H39N/c1-52(2)46-18-9-7-15-38(46)40-23-21-34(29-48(40)52)50-43-26-27-54-31-45(43)51(35-22-24-41-39-16-8-10-19-47(39)53(3,4)49(41)30-35)42-25-20-33(28-44(42)50)37-17-11-13-32-12-5-6-14-36(32)37/h5-31H,1-4H3. The zero-order valence-corrected chi connectivity index (χ0v) is 31.0. The van der Waals surface area contributed by atoms with E-state index < -0.39 is 0 Å². The molecule has 0 unspecified atom stereocenters. The summed E-state index contributed by atoms with van der Waals surface area (Å²) < 4.78 is 0. The van der Waals surface area contributed by atoms with Crippen LogP contribution in [0.3, 0.4) is 0 Å². The maximum Gasteiger partial charge on any atom is 0.0353 e. The Morgan fingerprint density at radius 1 is 0.352 bits per heavy atom. The van der Waals surface area contributed by atoms with Crippen LogP contribution in [0.1, 0.15) is 49.9 Å². The first-order chi connectivity index (χ1) is 26.3. The maximum absolute atomic E-state index is 4.78. The first kappa shape index (κ1) is 31.2. The van der Waals surface area contributed by atoms with E-state index in [1.165, 1.54) is 110 Å². The lowest BCUT2D eigenvalue weighted by molar-refractivity contribution is 0.660. The second kappa shape index (κ2) is 11.1. The number of hydrogen-bond donors (Lipinski definition) is 0. The highest BCUT2D eigenvalue weighted by Crippen LogP contribution is 2.53. The molecule has 1 aromatic heterocycles. The molecule has 0 radical (unpaired) electrons. The summed E-state index contributed by atoms with van der Waals surface area (Å²) in [5.74, 6) is 0. The van der Waals surface area contributed by atoms with Gasteiger partial charge in [0.15, 0.2) is 0 Å². The Morgan fingerprint density at radius 3 is 1.56 bits per heavy atom. The zero-order valence-electron chi connectivity index (χ0n) is 31.0. The van der Waals surface area contributed by atoms with Crippen molar-refractivity contribution < 1.29 is 0 Å². The summed E-state index contributed by atoms with van der Waals surface area (Å²) in [5.41, 5.74) is 18.2. The molecular weight excluding hydrogens is 651 g/mol. The van der Waals surface area contributed by atoms with E-state index in [4.69, 9.17) is 4.98 Å². The van der Waals surface area contributed by atoms with Crippen molar-refractivity contribution in [1.29, 1.82) is 0 Å². The molecule has 8 aromatic carbocycles. The fourth-order valence-corrected chi connectivity index (χ4v) is 10.1. The Labute approximate surface area is 316 Å². The fourth-order valence-electron chi connectivity index (χ4n) is 10.1. The van der Waals surface area contributed by atoms with Crippen molar-refractivity contribution in [3.05, 3.63) is 186 Å². The minimum absolute atomic E-state index is 0.0952. The lowest BCUT2D eigenvalue weighted by Gasteiger charge is -2.24. The minimum atomic E-state index is -0.0993. The molecule has 0 saturated heterocycles. The lowest BCUT2D eigenvalue weighted by atomic mass is 9.79. The molecule has 0 amide bonds. The SMILES string of the molecule is CC1(C)c2ccccc2-c2ccc(-c3c4ccc(-c5cccc6ccccc56)cc4c(-c4ccc5c(c4)C(C)(C)c4ccccc4-5)c4ccncc34)cc21. The molecule has 0 N–H and O–H groups in total. The van der Waals surface area contributed by atoms with Crippen LogP contribution in [0.15, 0.2) is 164 Å². The van der Waals surface area contributed by atoms with Crippen LogP contribution in [0.5, 0.6) is 0 Å². The summed E-state index contributed by atoms with van der Waals surface area (Å²) in [4.78, 5) is 4.78. The quantitative estimate of drug-likeness (QED) is 0.168. The van der Waals surface area contributed by atoms with Gasteiger partial charge in [0, 0.05) is 28.6 Å². The lowest BCUT2D eigenvalue weighted by Crippen LogP contribution is -2.15. The minimum Gasteiger partial charge on any atom is -0.264 e. The maximum atomic E-state index is 4.78. The number of pyridine rings is 1. The van der Waals surface area contributed by atoms with Crippen LogP contribution >= 0.6 is 0 Å². The van der Waals surface area contributed by atoms with Crippen molar-refractivity contribution in [3.63, 3.8) is 0 Å². The summed E-state index contributed by atoms with van der Waals surface area (Å²) in [7, 11) is 0. The summed E-state index contributed by atoms with van der Waals surface area (Å²) >= 11 is 0. The number of nitrogens with zero attached hydrogens (tertiary/aromatic N) is 1. The molecule has 0 fully saturated rings. The predicted molar refractivity (Wildman–Crippen MR) is 228 cm³/mol. The van der Waals surface area contributed by atoms with Gasteiger partial charge in [0.1, 0.15) is 0 Å². The molecule has 2 aliphatic rings. The van der Waals surface area contributed by atoms with E-state index >= 15 is 0 Å². The molecule has 54 heavy (non-hydrogen) atoms. The molecule has 0 bridgehead atoms. The summed E-state index contributed by atoms with van der Waals surface area (Å²) in [6.45, 7) is 9.48.